The average molecular weight is 326 g/mol. The van der Waals surface area contributed by atoms with Crippen molar-refractivity contribution >= 4 is 17.5 Å². The van der Waals surface area contributed by atoms with Crippen LogP contribution < -0.4 is 10.1 Å². The Kier molecular flexibility index (Phi) is 6.49. The van der Waals surface area contributed by atoms with Crippen molar-refractivity contribution in [2.24, 2.45) is 0 Å². The second-order valence-corrected chi connectivity index (χ2v) is 6.01. The minimum atomic E-state index is 0.228. The molecule has 1 fully saturated rings. The standard InChI is InChI=1S/C16H24ClN3O2/c1-19(8-5-16(21)20-9-6-18-7-10-20)12-13-11-14(17)3-4-15(13)22-2/h3-4,11,18H,5-10,12H2,1-2H3. The van der Waals surface area contributed by atoms with Gasteiger partial charge in [-0.25, -0.2) is 0 Å². The molecule has 22 heavy (non-hydrogen) atoms. The second kappa shape index (κ2) is 8.36. The Labute approximate surface area is 137 Å². The van der Waals surface area contributed by atoms with Crippen molar-refractivity contribution in [1.29, 1.82) is 0 Å². The molecular formula is C16H24ClN3O2. The molecule has 0 atom stereocenters. The Hall–Kier alpha value is -1.30. The van der Waals surface area contributed by atoms with Gasteiger partial charge in [0.15, 0.2) is 0 Å². The van der Waals surface area contributed by atoms with E-state index in [2.05, 4.69) is 10.2 Å². The highest BCUT2D eigenvalue weighted by Gasteiger charge is 2.16. The summed E-state index contributed by atoms with van der Waals surface area (Å²) in [5.41, 5.74) is 1.03. The summed E-state index contributed by atoms with van der Waals surface area (Å²) >= 11 is 6.05. The number of hydrogen-bond donors (Lipinski definition) is 1. The fraction of sp³-hybridized carbons (Fsp3) is 0.562. The molecule has 0 radical (unpaired) electrons. The van der Waals surface area contributed by atoms with Gasteiger partial charge in [0.25, 0.3) is 0 Å². The first-order valence-corrected chi connectivity index (χ1v) is 7.97. The van der Waals surface area contributed by atoms with Crippen LogP contribution in [0.5, 0.6) is 5.75 Å². The van der Waals surface area contributed by atoms with Crippen molar-refractivity contribution in [3.8, 4) is 5.75 Å². The Bertz CT molecular complexity index is 504. The van der Waals surface area contributed by atoms with Crippen LogP contribution in [0, 0.1) is 0 Å². The Balaban J connectivity index is 1.83. The molecule has 122 valence electrons. The summed E-state index contributed by atoms with van der Waals surface area (Å²) in [6, 6.07) is 5.60. The van der Waals surface area contributed by atoms with Gasteiger partial charge in [-0.15, -0.1) is 0 Å². The van der Waals surface area contributed by atoms with Crippen molar-refractivity contribution in [3.63, 3.8) is 0 Å². The van der Waals surface area contributed by atoms with E-state index in [1.807, 2.05) is 30.1 Å². The molecule has 1 aliphatic rings. The number of methoxy groups -OCH3 is 1. The zero-order chi connectivity index (χ0) is 15.9. The zero-order valence-electron chi connectivity index (χ0n) is 13.3. The minimum absolute atomic E-state index is 0.228. The lowest BCUT2D eigenvalue weighted by Crippen LogP contribution is -2.47. The summed E-state index contributed by atoms with van der Waals surface area (Å²) < 4.78 is 5.35. The number of ether oxygens (including phenoxy) is 1. The van der Waals surface area contributed by atoms with Gasteiger partial charge in [-0.2, -0.15) is 0 Å². The fourth-order valence-corrected chi connectivity index (χ4v) is 2.79. The highest BCUT2D eigenvalue weighted by molar-refractivity contribution is 6.30. The number of hydrogen-bond acceptors (Lipinski definition) is 4. The van der Waals surface area contributed by atoms with Gasteiger partial charge in [0.1, 0.15) is 5.75 Å². The number of carbonyl (C=O) groups excluding carboxylic acids is 1. The van der Waals surface area contributed by atoms with Crippen molar-refractivity contribution in [3.05, 3.63) is 28.8 Å². The molecule has 0 unspecified atom stereocenters. The quantitative estimate of drug-likeness (QED) is 0.863. The van der Waals surface area contributed by atoms with Crippen LogP contribution in [-0.2, 0) is 11.3 Å². The van der Waals surface area contributed by atoms with E-state index in [1.165, 1.54) is 0 Å². The van der Waals surface area contributed by atoms with E-state index in [4.69, 9.17) is 16.3 Å². The Morgan fingerprint density at radius 3 is 2.82 bits per heavy atom. The van der Waals surface area contributed by atoms with Crippen LogP contribution in [0.1, 0.15) is 12.0 Å². The van der Waals surface area contributed by atoms with E-state index >= 15 is 0 Å². The molecular weight excluding hydrogens is 302 g/mol. The summed E-state index contributed by atoms with van der Waals surface area (Å²) in [7, 11) is 3.66. The number of nitrogens with one attached hydrogen (secondary N) is 1. The van der Waals surface area contributed by atoms with Gasteiger partial charge in [0, 0.05) is 56.3 Å². The van der Waals surface area contributed by atoms with Crippen LogP contribution in [0.15, 0.2) is 18.2 Å². The third kappa shape index (κ3) is 4.87. The molecule has 2 rings (SSSR count). The van der Waals surface area contributed by atoms with Crippen LogP contribution in [-0.4, -0.2) is 62.6 Å². The van der Waals surface area contributed by atoms with Crippen molar-refractivity contribution in [1.82, 2.24) is 15.1 Å². The average Bonchev–Trinajstić information content (AvgIpc) is 2.53. The molecule has 6 heteroatoms. The zero-order valence-corrected chi connectivity index (χ0v) is 14.0. The highest BCUT2D eigenvalue weighted by Crippen LogP contribution is 2.23. The number of carbonyl (C=O) groups is 1. The van der Waals surface area contributed by atoms with Crippen LogP contribution in [0.4, 0.5) is 0 Å². The molecule has 1 heterocycles. The van der Waals surface area contributed by atoms with Gasteiger partial charge >= 0.3 is 0 Å². The summed E-state index contributed by atoms with van der Waals surface area (Å²) in [4.78, 5) is 16.2. The van der Waals surface area contributed by atoms with E-state index in [1.54, 1.807) is 7.11 Å². The van der Waals surface area contributed by atoms with E-state index in [0.717, 1.165) is 44.0 Å². The maximum Gasteiger partial charge on any atom is 0.223 e. The molecule has 0 saturated carbocycles. The van der Waals surface area contributed by atoms with Gasteiger partial charge in [-0.3, -0.25) is 4.79 Å². The third-order valence-electron chi connectivity index (χ3n) is 3.86. The largest absolute Gasteiger partial charge is 0.496 e. The highest BCUT2D eigenvalue weighted by atomic mass is 35.5. The number of rotatable bonds is 6. The number of nitrogens with zero attached hydrogens (tertiary/aromatic N) is 2. The van der Waals surface area contributed by atoms with Crippen LogP contribution >= 0.6 is 11.6 Å². The molecule has 1 saturated heterocycles. The number of piperazine rings is 1. The smallest absolute Gasteiger partial charge is 0.223 e. The molecule has 5 nitrogen and oxygen atoms in total. The summed E-state index contributed by atoms with van der Waals surface area (Å²) in [6.07, 6.45) is 0.541. The lowest BCUT2D eigenvalue weighted by molar-refractivity contribution is -0.132. The van der Waals surface area contributed by atoms with E-state index in [-0.39, 0.29) is 5.91 Å². The van der Waals surface area contributed by atoms with E-state index in [9.17, 15) is 4.79 Å². The Morgan fingerprint density at radius 1 is 1.41 bits per heavy atom. The first kappa shape index (κ1) is 17.1. The molecule has 1 aromatic rings. The van der Waals surface area contributed by atoms with E-state index < -0.39 is 0 Å². The minimum Gasteiger partial charge on any atom is -0.496 e. The van der Waals surface area contributed by atoms with Gasteiger partial charge in [0.2, 0.25) is 5.91 Å². The van der Waals surface area contributed by atoms with Crippen molar-refractivity contribution in [2.75, 3.05) is 46.9 Å². The molecule has 0 bridgehead atoms. The predicted octanol–water partition coefficient (Wildman–Crippen LogP) is 1.60. The number of amides is 1. The van der Waals surface area contributed by atoms with Gasteiger partial charge < -0.3 is 19.9 Å². The van der Waals surface area contributed by atoms with Gasteiger partial charge in [-0.1, -0.05) is 11.6 Å². The molecule has 1 aromatic carbocycles. The van der Waals surface area contributed by atoms with Gasteiger partial charge in [-0.05, 0) is 25.2 Å². The normalized spacial score (nSPS) is 15.2. The first-order chi connectivity index (χ1) is 10.6. The summed E-state index contributed by atoms with van der Waals surface area (Å²) in [5, 5.41) is 3.95. The molecule has 1 aliphatic heterocycles. The van der Waals surface area contributed by atoms with Crippen LogP contribution in [0.2, 0.25) is 5.02 Å². The fourth-order valence-electron chi connectivity index (χ4n) is 2.60. The SMILES string of the molecule is COc1ccc(Cl)cc1CN(C)CCC(=O)N1CCNCC1. The van der Waals surface area contributed by atoms with Crippen molar-refractivity contribution in [2.45, 2.75) is 13.0 Å². The maximum absolute atomic E-state index is 12.2. The van der Waals surface area contributed by atoms with E-state index in [0.29, 0.717) is 18.0 Å². The molecule has 1 amide bonds. The lowest BCUT2D eigenvalue weighted by atomic mass is 10.2. The van der Waals surface area contributed by atoms with Gasteiger partial charge in [0.05, 0.1) is 7.11 Å². The number of benzene rings is 1. The lowest BCUT2D eigenvalue weighted by Gasteiger charge is -2.28. The maximum atomic E-state index is 12.2. The molecule has 0 aromatic heterocycles. The summed E-state index contributed by atoms with van der Waals surface area (Å²) in [6.45, 7) is 4.83. The first-order valence-electron chi connectivity index (χ1n) is 7.59. The van der Waals surface area contributed by atoms with Crippen LogP contribution in [0.3, 0.4) is 0 Å². The third-order valence-corrected chi connectivity index (χ3v) is 4.09. The molecule has 0 spiro atoms. The number of halogens is 1. The molecule has 1 N–H and O–H groups in total. The second-order valence-electron chi connectivity index (χ2n) is 5.57. The molecule has 0 aliphatic carbocycles. The van der Waals surface area contributed by atoms with Crippen molar-refractivity contribution < 1.29 is 9.53 Å². The predicted molar refractivity (Wildman–Crippen MR) is 88.4 cm³/mol. The van der Waals surface area contributed by atoms with Crippen LogP contribution in [0.25, 0.3) is 0 Å². The monoisotopic (exact) mass is 325 g/mol. The Morgan fingerprint density at radius 2 is 2.14 bits per heavy atom. The summed E-state index contributed by atoms with van der Waals surface area (Å²) in [5.74, 6) is 1.05. The topological polar surface area (TPSA) is 44.8 Å².